The van der Waals surface area contributed by atoms with Crippen molar-refractivity contribution in [3.05, 3.63) is 132 Å². The maximum Gasteiger partial charge on any atom is 0.188 e. The third kappa shape index (κ3) is 4.82. The second-order valence-corrected chi connectivity index (χ2v) is 12.6. The normalized spacial score (nSPS) is 13.6. The van der Waals surface area contributed by atoms with Crippen molar-refractivity contribution in [1.29, 1.82) is 0 Å². The monoisotopic (exact) mass is 745 g/mol. The molecule has 3 aromatic heterocycles. The zero-order valence-electron chi connectivity index (χ0n) is 27.9. The van der Waals surface area contributed by atoms with Crippen LogP contribution in [0.3, 0.4) is 0 Å². The van der Waals surface area contributed by atoms with Gasteiger partial charge < -0.3 is 4.57 Å². The zero-order chi connectivity index (χ0) is 31.7. The van der Waals surface area contributed by atoms with Gasteiger partial charge in [-0.1, -0.05) is 58.3 Å². The van der Waals surface area contributed by atoms with E-state index >= 15 is 0 Å². The van der Waals surface area contributed by atoms with E-state index in [4.69, 9.17) is 9.10 Å². The maximum atomic E-state index is 8.07. The molecule has 0 unspecified atom stereocenters. The molecule has 0 amide bonds. The Morgan fingerprint density at radius 1 is 0.744 bits per heavy atom. The first-order chi connectivity index (χ1) is 21.3. The summed E-state index contributed by atoms with van der Waals surface area (Å²) in [7, 11) is 0. The van der Waals surface area contributed by atoms with Crippen LogP contribution in [0.2, 0.25) is 0 Å². The first-order valence-electron chi connectivity index (χ1n) is 15.8. The number of nitrogens with zero attached hydrogens (tertiary/aromatic N) is 4. The standard InChI is InChI=1S/C38H35N4.Pt/c1-37(2,3)26-20-21-39-36(24-26)42-32-15-8-7-14-30(32)31-19-18-28(23-35(31)42)38(4,5)27-12-11-13-29(22-27)41-25-40(6)33-16-9-10-17-34(33)41;/h7-21,24-25H,1-6H3;/q-1;/i6D3;. The molecule has 0 atom stereocenters. The van der Waals surface area contributed by atoms with Crippen LogP contribution >= 0.6 is 0 Å². The molecule has 0 aliphatic rings. The van der Waals surface area contributed by atoms with E-state index in [2.05, 4.69) is 106 Å². The molecule has 5 heteroatoms. The molecule has 4 aromatic carbocycles. The smallest absolute Gasteiger partial charge is 0.188 e. The third-order valence-corrected chi connectivity index (χ3v) is 8.44. The Morgan fingerprint density at radius 2 is 1.47 bits per heavy atom. The number of aryl methyl sites for hydroxylation is 1. The second kappa shape index (κ2) is 10.6. The van der Waals surface area contributed by atoms with Crippen LogP contribution in [0.15, 0.2) is 104 Å². The molecule has 0 saturated carbocycles. The van der Waals surface area contributed by atoms with E-state index in [1.807, 2.05) is 47.2 Å². The van der Waals surface area contributed by atoms with Gasteiger partial charge in [0.15, 0.2) is 17.4 Å². The van der Waals surface area contributed by atoms with E-state index in [1.54, 1.807) is 6.33 Å². The molecule has 0 aliphatic heterocycles. The Labute approximate surface area is 272 Å². The van der Waals surface area contributed by atoms with Crippen molar-refractivity contribution in [1.82, 2.24) is 18.7 Å². The van der Waals surface area contributed by atoms with Gasteiger partial charge in [-0.2, -0.15) is 35.9 Å². The van der Waals surface area contributed by atoms with Crippen LogP contribution in [0.4, 0.5) is 0 Å². The SMILES string of the molecule is [2H]C([2H])([2H])n1[cH+]n(-c2[c-]c(C(C)(C)c3[c-]c4c(cc3)c3ccccc3n4-c3cc(C(C)(C)C)ccn3)ccc2)c2ccccc21.[Pt]. The van der Waals surface area contributed by atoms with Crippen LogP contribution in [0, 0.1) is 12.1 Å². The van der Waals surface area contributed by atoms with Crippen LogP contribution in [-0.4, -0.2) is 18.7 Å². The van der Waals surface area contributed by atoms with Gasteiger partial charge in [-0.05, 0) is 52.1 Å². The van der Waals surface area contributed by atoms with Gasteiger partial charge in [-0.25, -0.2) is 14.1 Å². The summed E-state index contributed by atoms with van der Waals surface area (Å²) < 4.78 is 29.7. The number of fused-ring (bicyclic) bond motifs is 4. The number of benzene rings is 4. The summed E-state index contributed by atoms with van der Waals surface area (Å²) in [5.74, 6) is 0.871. The number of hydrogen-bond donors (Lipinski definition) is 0. The Morgan fingerprint density at radius 3 is 2.23 bits per heavy atom. The van der Waals surface area contributed by atoms with E-state index in [0.717, 1.165) is 50.0 Å². The molecule has 0 spiro atoms. The van der Waals surface area contributed by atoms with Crippen LogP contribution in [0.5, 0.6) is 0 Å². The van der Waals surface area contributed by atoms with E-state index in [0.29, 0.717) is 5.52 Å². The fourth-order valence-electron chi connectivity index (χ4n) is 5.91. The average molecular weight is 746 g/mol. The van der Waals surface area contributed by atoms with E-state index in [-0.39, 0.29) is 26.5 Å². The molecule has 43 heavy (non-hydrogen) atoms. The van der Waals surface area contributed by atoms with Crippen molar-refractivity contribution in [2.45, 2.75) is 45.4 Å². The van der Waals surface area contributed by atoms with Crippen LogP contribution < -0.4 is 0 Å². The zero-order valence-corrected chi connectivity index (χ0v) is 27.2. The molecule has 4 nitrogen and oxygen atoms in total. The predicted molar refractivity (Wildman–Crippen MR) is 174 cm³/mol. The molecular weight excluding hydrogens is 708 g/mol. The van der Waals surface area contributed by atoms with Gasteiger partial charge in [0.25, 0.3) is 0 Å². The Hall–Kier alpha value is -4.01. The number of para-hydroxylation sites is 3. The average Bonchev–Trinajstić information content (AvgIpc) is 3.57. The molecule has 218 valence electrons. The first-order valence-corrected chi connectivity index (χ1v) is 14.3. The fraction of sp³-hybridized carbons (Fsp3) is 0.211. The van der Waals surface area contributed by atoms with Crippen molar-refractivity contribution < 1.29 is 25.2 Å². The van der Waals surface area contributed by atoms with Gasteiger partial charge in [-0.3, -0.25) is 0 Å². The van der Waals surface area contributed by atoms with Gasteiger partial charge in [0, 0.05) is 61.7 Å². The minimum Gasteiger partial charge on any atom is -0.319 e. The summed E-state index contributed by atoms with van der Waals surface area (Å²) in [6, 6.07) is 38.1. The van der Waals surface area contributed by atoms with Crippen LogP contribution in [0.1, 0.15) is 55.4 Å². The molecule has 0 N–H and O–H groups in total. The Bertz CT molecular complexity index is 2240. The van der Waals surface area contributed by atoms with Crippen LogP contribution in [-0.2, 0) is 38.9 Å². The summed E-state index contributed by atoms with van der Waals surface area (Å²) in [5.41, 5.74) is 7.04. The molecule has 0 saturated heterocycles. The van der Waals surface area contributed by atoms with Crippen molar-refractivity contribution in [3.8, 4) is 11.5 Å². The van der Waals surface area contributed by atoms with Gasteiger partial charge in [0.2, 0.25) is 0 Å². The Kier molecular flexibility index (Phi) is 6.29. The number of aromatic nitrogens is 4. The summed E-state index contributed by atoms with van der Waals surface area (Å²) >= 11 is 0. The van der Waals surface area contributed by atoms with E-state index < -0.39 is 12.4 Å². The molecule has 3 heterocycles. The maximum absolute atomic E-state index is 8.07. The quantitative estimate of drug-likeness (QED) is 0.166. The van der Waals surface area contributed by atoms with Gasteiger partial charge >= 0.3 is 0 Å². The molecule has 7 aromatic rings. The third-order valence-electron chi connectivity index (χ3n) is 8.44. The number of hydrogen-bond acceptors (Lipinski definition) is 1. The van der Waals surface area contributed by atoms with Gasteiger partial charge in [0.05, 0.1) is 0 Å². The summed E-state index contributed by atoms with van der Waals surface area (Å²) in [5, 5.41) is 2.28. The largest absolute Gasteiger partial charge is 0.319 e. The molecular formula is C38H35N4Pt-. The minimum atomic E-state index is -2.30. The summed E-state index contributed by atoms with van der Waals surface area (Å²) in [4.78, 5) is 4.83. The van der Waals surface area contributed by atoms with Crippen molar-refractivity contribution >= 4 is 32.8 Å². The van der Waals surface area contributed by atoms with E-state index in [1.165, 1.54) is 10.1 Å². The van der Waals surface area contributed by atoms with Crippen molar-refractivity contribution in [3.63, 3.8) is 0 Å². The fourth-order valence-corrected chi connectivity index (χ4v) is 5.91. The van der Waals surface area contributed by atoms with Crippen molar-refractivity contribution in [2.24, 2.45) is 6.98 Å². The Balaban J connectivity index is 0.00000372. The van der Waals surface area contributed by atoms with Crippen molar-refractivity contribution in [2.75, 3.05) is 0 Å². The van der Waals surface area contributed by atoms with Gasteiger partial charge in [-0.15, -0.1) is 23.1 Å². The second-order valence-electron chi connectivity index (χ2n) is 12.6. The molecule has 7 rings (SSSR count). The summed E-state index contributed by atoms with van der Waals surface area (Å²) in [6.07, 6.45) is 3.54. The molecule has 0 aliphatic carbocycles. The topological polar surface area (TPSA) is 27.7 Å². The van der Waals surface area contributed by atoms with E-state index in [9.17, 15) is 0 Å². The first kappa shape index (κ1) is 25.5. The van der Waals surface area contributed by atoms with Gasteiger partial charge in [0.1, 0.15) is 5.82 Å². The molecule has 0 bridgehead atoms. The number of pyridine rings is 1. The summed E-state index contributed by atoms with van der Waals surface area (Å²) in [6.45, 7) is 8.72. The minimum absolute atomic E-state index is 0. The molecule has 0 radical (unpaired) electrons. The van der Waals surface area contributed by atoms with Crippen LogP contribution in [0.25, 0.3) is 44.3 Å². The number of imidazole rings is 1. The predicted octanol–water partition coefficient (Wildman–Crippen LogP) is 8.96. The molecule has 0 fully saturated rings. The number of rotatable bonds is 4.